The maximum atomic E-state index is 14.7. The van der Waals surface area contributed by atoms with Crippen molar-refractivity contribution in [3.63, 3.8) is 0 Å². The van der Waals surface area contributed by atoms with Crippen molar-refractivity contribution in [2.24, 2.45) is 0 Å². The van der Waals surface area contributed by atoms with E-state index in [1.165, 1.54) is 11.1 Å². The van der Waals surface area contributed by atoms with E-state index in [2.05, 4.69) is 158 Å². The molecule has 0 amide bonds. The number of anilines is 3. The van der Waals surface area contributed by atoms with E-state index in [1.807, 2.05) is 36.4 Å². The summed E-state index contributed by atoms with van der Waals surface area (Å²) in [5, 5.41) is 28.9. The molecule has 302 valence electrons. The molecule has 0 radical (unpaired) electrons. The molecule has 2 aliphatic carbocycles. The Bertz CT molecular complexity index is 3270. The largest absolute Gasteiger partial charge is 0.506 e. The van der Waals surface area contributed by atoms with Crippen LogP contribution >= 0.6 is 0 Å². The van der Waals surface area contributed by atoms with Gasteiger partial charge in [-0.3, -0.25) is 4.79 Å². The molecule has 0 saturated heterocycles. The zero-order valence-corrected chi connectivity index (χ0v) is 34.7. The lowest BCUT2D eigenvalue weighted by Crippen LogP contribution is -2.45. The quantitative estimate of drug-likeness (QED) is 0.109. The van der Waals surface area contributed by atoms with Crippen LogP contribution in [-0.2, 0) is 10.5 Å². The number of carbonyl (C=O) groups is 1. The number of hydrogen-bond donors (Lipinski definition) is 4. The molecule has 62 heavy (non-hydrogen) atoms. The highest BCUT2D eigenvalue weighted by molar-refractivity contribution is 6.52. The molecule has 6 nitrogen and oxygen atoms in total. The average Bonchev–Trinajstić information content (AvgIpc) is 3.56. The lowest BCUT2D eigenvalue weighted by molar-refractivity contribution is -0.109. The molecule has 8 aromatic carbocycles. The normalized spacial score (nSPS) is 15.7. The van der Waals surface area contributed by atoms with Crippen molar-refractivity contribution in [1.29, 1.82) is 0 Å². The third-order valence-electron chi connectivity index (χ3n) is 12.9. The molecule has 1 aliphatic heterocycles. The van der Waals surface area contributed by atoms with E-state index in [-0.39, 0.29) is 28.7 Å². The molecule has 8 aromatic rings. The van der Waals surface area contributed by atoms with E-state index in [1.54, 1.807) is 0 Å². The Balaban J connectivity index is 1.04. The second-order valence-corrected chi connectivity index (χ2v) is 16.6. The van der Waals surface area contributed by atoms with Crippen molar-refractivity contribution in [3.05, 3.63) is 196 Å². The van der Waals surface area contributed by atoms with E-state index in [4.69, 9.17) is 4.74 Å². The number of hydrogen-bond acceptors (Lipinski definition) is 6. The molecular weight excluding hydrogens is 763 g/mol. The van der Waals surface area contributed by atoms with Crippen molar-refractivity contribution < 1.29 is 14.6 Å². The summed E-state index contributed by atoms with van der Waals surface area (Å²) < 4.78 is 6.30. The first kappa shape index (κ1) is 37.4. The Morgan fingerprint density at radius 2 is 1.39 bits per heavy atom. The van der Waals surface area contributed by atoms with Crippen molar-refractivity contribution in [1.82, 2.24) is 0 Å². The standard InChI is InChI=1S/C56H45N3O3/c1-4-5-30-62-38-31-37-27-29-44(53-50(37)48(32-38)58-56(59-53)45-23-13-11-21-42(45)43-22-12-14-24-46(43)56)52-54(60)51(55(52)61)39-28-26-36-18-15-25-47(49(36)33(39)2)57-34(3)40-19-9-10-20-41(40)35-16-7-6-8-17-35/h6-29,31-32,34,57-60H,2,4-5,30H2,1,3H3/b51-39+. The summed E-state index contributed by atoms with van der Waals surface area (Å²) in [4.78, 5) is 14.7. The number of Topliss-reactive ketones (excluding diaryl/α,β-unsaturated/α-hetero) is 1. The number of fused-ring (bicyclic) bond motifs is 6. The molecule has 0 fully saturated rings. The van der Waals surface area contributed by atoms with Crippen LogP contribution < -0.4 is 31.1 Å². The van der Waals surface area contributed by atoms with Gasteiger partial charge in [0.15, 0.2) is 5.66 Å². The molecule has 1 spiro atoms. The van der Waals surface area contributed by atoms with E-state index in [0.717, 1.165) is 85.0 Å². The van der Waals surface area contributed by atoms with Crippen LogP contribution in [0.25, 0.3) is 61.5 Å². The second-order valence-electron chi connectivity index (χ2n) is 16.6. The summed E-state index contributed by atoms with van der Waals surface area (Å²) in [6.45, 7) is 9.51. The van der Waals surface area contributed by atoms with Crippen LogP contribution in [0.5, 0.6) is 5.75 Å². The highest BCUT2D eigenvalue weighted by Gasteiger charge is 2.47. The average molecular weight is 808 g/mol. The van der Waals surface area contributed by atoms with E-state index < -0.39 is 5.66 Å². The van der Waals surface area contributed by atoms with Crippen molar-refractivity contribution in [2.45, 2.75) is 38.4 Å². The fourth-order valence-corrected chi connectivity index (χ4v) is 10.00. The number of aliphatic hydroxyl groups excluding tert-OH is 1. The molecule has 4 N–H and O–H groups in total. The van der Waals surface area contributed by atoms with Gasteiger partial charge in [0.1, 0.15) is 11.5 Å². The van der Waals surface area contributed by atoms with Crippen LogP contribution in [0.1, 0.15) is 55.0 Å². The van der Waals surface area contributed by atoms with Crippen LogP contribution in [0.3, 0.4) is 0 Å². The first-order valence-electron chi connectivity index (χ1n) is 21.5. The van der Waals surface area contributed by atoms with Gasteiger partial charge in [0, 0.05) is 45.3 Å². The minimum absolute atomic E-state index is 0.0341. The van der Waals surface area contributed by atoms with Gasteiger partial charge in [-0.15, -0.1) is 0 Å². The summed E-state index contributed by atoms with van der Waals surface area (Å²) in [6, 6.07) is 53.9. The molecule has 0 bridgehead atoms. The highest BCUT2D eigenvalue weighted by Crippen LogP contribution is 2.55. The zero-order chi connectivity index (χ0) is 42.1. The molecule has 0 aromatic heterocycles. The molecule has 6 heteroatoms. The van der Waals surface area contributed by atoms with Crippen molar-refractivity contribution in [3.8, 4) is 28.0 Å². The molecule has 3 aliphatic rings. The van der Waals surface area contributed by atoms with Gasteiger partial charge in [-0.05, 0) is 74.5 Å². The van der Waals surface area contributed by atoms with Crippen LogP contribution in [0, 0.1) is 0 Å². The van der Waals surface area contributed by atoms with E-state index >= 15 is 0 Å². The van der Waals surface area contributed by atoms with Crippen LogP contribution in [0.2, 0.25) is 0 Å². The fourth-order valence-electron chi connectivity index (χ4n) is 10.00. The maximum Gasteiger partial charge on any atom is 0.201 e. The van der Waals surface area contributed by atoms with Gasteiger partial charge >= 0.3 is 0 Å². The lowest BCUT2D eigenvalue weighted by Gasteiger charge is -2.41. The molecule has 11 rings (SSSR count). The predicted molar refractivity (Wildman–Crippen MR) is 255 cm³/mol. The Hall–Kier alpha value is -7.57. The van der Waals surface area contributed by atoms with E-state index in [0.29, 0.717) is 22.6 Å². The smallest absolute Gasteiger partial charge is 0.201 e. The fraction of sp³-hybridized carbons (Fsp3) is 0.125. The SMILES string of the molecule is C=c1/c(=C2/C(=O)C(c3ccc4cc(OCCCC)cc5c4c3NC3(N5)c4ccccc4-c4ccccc43)=C2O)ccc2cccc(NC(C)c3ccccc3-c3ccccc3)c12. The van der Waals surface area contributed by atoms with Gasteiger partial charge in [-0.25, -0.2) is 0 Å². The first-order valence-corrected chi connectivity index (χ1v) is 21.5. The monoisotopic (exact) mass is 807 g/mol. The van der Waals surface area contributed by atoms with Crippen LogP contribution in [-0.4, -0.2) is 17.5 Å². The summed E-state index contributed by atoms with van der Waals surface area (Å²) >= 11 is 0. The van der Waals surface area contributed by atoms with Crippen molar-refractivity contribution >= 4 is 62.1 Å². The number of rotatable bonds is 9. The molecule has 0 saturated carbocycles. The van der Waals surface area contributed by atoms with Gasteiger partial charge in [0.25, 0.3) is 0 Å². The summed E-state index contributed by atoms with van der Waals surface area (Å²) in [5.41, 5.74) is 10.9. The number of aliphatic hydroxyl groups is 1. The minimum atomic E-state index is -0.845. The molecule has 1 atom stereocenters. The van der Waals surface area contributed by atoms with Gasteiger partial charge in [-0.2, -0.15) is 0 Å². The molecule has 1 unspecified atom stereocenters. The van der Waals surface area contributed by atoms with Gasteiger partial charge < -0.3 is 25.8 Å². The summed E-state index contributed by atoms with van der Waals surface area (Å²) in [6.07, 6.45) is 1.99. The van der Waals surface area contributed by atoms with E-state index in [9.17, 15) is 9.90 Å². The zero-order valence-electron chi connectivity index (χ0n) is 34.7. The predicted octanol–water partition coefficient (Wildman–Crippen LogP) is 11.8. The number of ether oxygens (including phenoxy) is 1. The van der Waals surface area contributed by atoms with Crippen LogP contribution in [0.4, 0.5) is 17.1 Å². The lowest BCUT2D eigenvalue weighted by atomic mass is 9.79. The Kier molecular flexibility index (Phi) is 8.79. The number of ketones is 1. The van der Waals surface area contributed by atoms with Crippen molar-refractivity contribution in [2.75, 3.05) is 22.6 Å². The number of carbonyl (C=O) groups excluding carboxylic acids is 1. The minimum Gasteiger partial charge on any atom is -0.506 e. The second kappa shape index (κ2) is 14.6. The number of nitrogens with one attached hydrogen (secondary N) is 3. The number of unbranched alkanes of at least 4 members (excludes halogenated alkanes) is 1. The highest BCUT2D eigenvalue weighted by atomic mass is 16.5. The van der Waals surface area contributed by atoms with Gasteiger partial charge in [0.2, 0.25) is 5.78 Å². The Morgan fingerprint density at radius 1 is 0.694 bits per heavy atom. The third kappa shape index (κ3) is 5.67. The maximum absolute atomic E-state index is 14.7. The topological polar surface area (TPSA) is 82.6 Å². The number of benzene rings is 8. The van der Waals surface area contributed by atoms with Gasteiger partial charge in [-0.1, -0.05) is 159 Å². The summed E-state index contributed by atoms with van der Waals surface area (Å²) in [5.74, 6) is 0.526. The molecular formula is C56H45N3O3. The first-order chi connectivity index (χ1) is 30.4. The Morgan fingerprint density at radius 3 is 2.13 bits per heavy atom. The number of allylic oxidation sites excluding steroid dienone is 2. The van der Waals surface area contributed by atoms with Crippen LogP contribution in [0.15, 0.2) is 163 Å². The molecule has 1 heterocycles. The Labute approximate surface area is 360 Å². The summed E-state index contributed by atoms with van der Waals surface area (Å²) in [7, 11) is 0. The third-order valence-corrected chi connectivity index (χ3v) is 12.9. The van der Waals surface area contributed by atoms with Gasteiger partial charge in [0.05, 0.1) is 29.1 Å².